The van der Waals surface area contributed by atoms with Crippen LogP contribution in [0.5, 0.6) is 0 Å². The first-order valence-electron chi connectivity index (χ1n) is 7.00. The fourth-order valence-electron chi connectivity index (χ4n) is 3.13. The van der Waals surface area contributed by atoms with Crippen LogP contribution in [0.15, 0.2) is 18.2 Å². The van der Waals surface area contributed by atoms with Crippen molar-refractivity contribution in [3.05, 3.63) is 29.6 Å². The van der Waals surface area contributed by atoms with Crippen LogP contribution in [-0.2, 0) is 7.05 Å². The predicted octanol–water partition coefficient (Wildman–Crippen LogP) is 2.53. The fourth-order valence-corrected chi connectivity index (χ4v) is 3.13. The summed E-state index contributed by atoms with van der Waals surface area (Å²) in [6, 6.07) is 6.82. The number of aryl methyl sites for hydroxylation is 1. The van der Waals surface area contributed by atoms with Crippen LogP contribution >= 0.6 is 0 Å². The quantitative estimate of drug-likeness (QED) is 0.875. The first-order valence-corrected chi connectivity index (χ1v) is 7.00. The molecule has 0 spiro atoms. The molecule has 1 saturated heterocycles. The minimum Gasteiger partial charge on any atom is -0.331 e. The topological polar surface area (TPSA) is 29.9 Å². The summed E-state index contributed by atoms with van der Waals surface area (Å²) in [5.41, 5.74) is 3.94. The Bertz CT molecular complexity index is 589. The molecular formula is C15H19N3. The number of benzene rings is 1. The normalized spacial score (nSPS) is 23.9. The molecule has 0 amide bonds. The molecule has 3 nitrogen and oxygen atoms in total. The number of nitrogens with one attached hydrogen (secondary N) is 1. The average Bonchev–Trinajstić information content (AvgIpc) is 2.98. The zero-order valence-electron chi connectivity index (χ0n) is 10.8. The van der Waals surface area contributed by atoms with E-state index in [9.17, 15) is 0 Å². The lowest BCUT2D eigenvalue weighted by Gasteiger charge is -2.09. The van der Waals surface area contributed by atoms with Crippen LogP contribution in [0.4, 0.5) is 0 Å². The summed E-state index contributed by atoms with van der Waals surface area (Å²) in [7, 11) is 2.17. The third kappa shape index (κ3) is 1.57. The Balaban J connectivity index is 1.80. The monoisotopic (exact) mass is 241 g/mol. The van der Waals surface area contributed by atoms with Crippen LogP contribution in [0.25, 0.3) is 11.0 Å². The number of rotatable bonds is 2. The smallest absolute Gasteiger partial charge is 0.112 e. The molecule has 2 heterocycles. The molecule has 18 heavy (non-hydrogen) atoms. The lowest BCUT2D eigenvalue weighted by molar-refractivity contribution is 0.763. The van der Waals surface area contributed by atoms with E-state index in [0.717, 1.165) is 24.5 Å². The second-order valence-electron chi connectivity index (χ2n) is 5.74. The third-order valence-electron chi connectivity index (χ3n) is 4.41. The molecule has 1 N–H and O–H groups in total. The van der Waals surface area contributed by atoms with E-state index in [1.165, 1.54) is 36.2 Å². The van der Waals surface area contributed by atoms with Crippen molar-refractivity contribution in [2.24, 2.45) is 7.05 Å². The van der Waals surface area contributed by atoms with Crippen molar-refractivity contribution in [2.45, 2.75) is 31.1 Å². The van der Waals surface area contributed by atoms with Crippen LogP contribution in [0.2, 0.25) is 0 Å². The Morgan fingerprint density at radius 2 is 2.11 bits per heavy atom. The number of hydrogen-bond donors (Lipinski definition) is 1. The largest absolute Gasteiger partial charge is 0.331 e. The van der Waals surface area contributed by atoms with E-state index in [1.54, 1.807) is 0 Å². The highest BCUT2D eigenvalue weighted by Gasteiger charge is 2.28. The van der Waals surface area contributed by atoms with Gasteiger partial charge < -0.3 is 9.88 Å². The van der Waals surface area contributed by atoms with Crippen molar-refractivity contribution in [3.8, 4) is 0 Å². The van der Waals surface area contributed by atoms with E-state index < -0.39 is 0 Å². The van der Waals surface area contributed by atoms with Gasteiger partial charge >= 0.3 is 0 Å². The molecule has 1 atom stereocenters. The molecule has 2 aromatic rings. The summed E-state index contributed by atoms with van der Waals surface area (Å²) in [5, 5.41) is 3.44. The average molecular weight is 241 g/mol. The van der Waals surface area contributed by atoms with Gasteiger partial charge in [-0.15, -0.1) is 0 Å². The van der Waals surface area contributed by atoms with Crippen molar-refractivity contribution in [2.75, 3.05) is 13.1 Å². The van der Waals surface area contributed by atoms with Gasteiger partial charge in [-0.2, -0.15) is 0 Å². The van der Waals surface area contributed by atoms with Gasteiger partial charge in [-0.05, 0) is 49.4 Å². The summed E-state index contributed by atoms with van der Waals surface area (Å²) in [6.45, 7) is 2.28. The number of fused-ring (bicyclic) bond motifs is 1. The molecule has 1 aromatic carbocycles. The zero-order valence-corrected chi connectivity index (χ0v) is 10.8. The van der Waals surface area contributed by atoms with Crippen LogP contribution in [0.3, 0.4) is 0 Å². The molecule has 0 bridgehead atoms. The maximum Gasteiger partial charge on any atom is 0.112 e. The van der Waals surface area contributed by atoms with Crippen molar-refractivity contribution in [1.82, 2.24) is 14.9 Å². The standard InChI is InChI=1S/C15H19N3/c1-18-14-8-11(12-6-7-16-9-12)4-5-13(14)17-15(18)10-2-3-10/h4-5,8,10,12,16H,2-3,6-7,9H2,1H3. The highest BCUT2D eigenvalue weighted by Crippen LogP contribution is 2.40. The van der Waals surface area contributed by atoms with Gasteiger partial charge in [0.05, 0.1) is 11.0 Å². The van der Waals surface area contributed by atoms with Gasteiger partial charge in [0.2, 0.25) is 0 Å². The van der Waals surface area contributed by atoms with E-state index in [1.807, 2.05) is 0 Å². The van der Waals surface area contributed by atoms with Gasteiger partial charge in [0.1, 0.15) is 5.82 Å². The lowest BCUT2D eigenvalue weighted by Crippen LogP contribution is -2.07. The molecule has 94 valence electrons. The molecule has 1 aliphatic heterocycles. The van der Waals surface area contributed by atoms with E-state index in [0.29, 0.717) is 5.92 Å². The van der Waals surface area contributed by atoms with Crippen molar-refractivity contribution in [1.29, 1.82) is 0 Å². The third-order valence-corrected chi connectivity index (χ3v) is 4.41. The summed E-state index contributed by atoms with van der Waals surface area (Å²) in [4.78, 5) is 4.79. The maximum atomic E-state index is 4.79. The minimum absolute atomic E-state index is 0.689. The Labute approximate surface area is 107 Å². The van der Waals surface area contributed by atoms with Crippen LogP contribution in [0.1, 0.15) is 42.5 Å². The molecule has 3 heteroatoms. The van der Waals surface area contributed by atoms with E-state index in [2.05, 4.69) is 35.1 Å². The Kier molecular flexibility index (Phi) is 2.24. The second-order valence-corrected chi connectivity index (χ2v) is 5.74. The van der Waals surface area contributed by atoms with Crippen molar-refractivity contribution >= 4 is 11.0 Å². The highest BCUT2D eigenvalue weighted by molar-refractivity contribution is 5.77. The van der Waals surface area contributed by atoms with E-state index in [4.69, 9.17) is 4.98 Å². The van der Waals surface area contributed by atoms with Crippen molar-refractivity contribution in [3.63, 3.8) is 0 Å². The Hall–Kier alpha value is -1.35. The van der Waals surface area contributed by atoms with E-state index >= 15 is 0 Å². The van der Waals surface area contributed by atoms with Gasteiger partial charge in [0.15, 0.2) is 0 Å². The minimum atomic E-state index is 0.689. The molecular weight excluding hydrogens is 222 g/mol. The zero-order chi connectivity index (χ0) is 12.1. The molecule has 1 saturated carbocycles. The molecule has 1 aromatic heterocycles. The van der Waals surface area contributed by atoms with Crippen molar-refractivity contribution < 1.29 is 0 Å². The predicted molar refractivity (Wildman–Crippen MR) is 72.9 cm³/mol. The molecule has 2 aliphatic rings. The summed E-state index contributed by atoms with van der Waals surface area (Å²) >= 11 is 0. The number of aromatic nitrogens is 2. The SMILES string of the molecule is Cn1c(C2CC2)nc2ccc(C3CCNC3)cc21. The van der Waals surface area contributed by atoms with E-state index in [-0.39, 0.29) is 0 Å². The van der Waals surface area contributed by atoms with Gasteiger partial charge in [-0.3, -0.25) is 0 Å². The van der Waals surface area contributed by atoms with Gasteiger partial charge in [0.25, 0.3) is 0 Å². The summed E-state index contributed by atoms with van der Waals surface area (Å²) in [5.74, 6) is 2.69. The lowest BCUT2D eigenvalue weighted by atomic mass is 9.98. The van der Waals surface area contributed by atoms with Crippen LogP contribution in [-0.4, -0.2) is 22.6 Å². The number of hydrogen-bond acceptors (Lipinski definition) is 2. The molecule has 0 radical (unpaired) electrons. The maximum absolute atomic E-state index is 4.79. The Morgan fingerprint density at radius 3 is 2.83 bits per heavy atom. The van der Waals surface area contributed by atoms with Gasteiger partial charge in [0, 0.05) is 19.5 Å². The Morgan fingerprint density at radius 1 is 1.22 bits per heavy atom. The first kappa shape index (κ1) is 10.6. The highest BCUT2D eigenvalue weighted by atomic mass is 15.1. The fraction of sp³-hybridized carbons (Fsp3) is 0.533. The van der Waals surface area contributed by atoms with Crippen LogP contribution < -0.4 is 5.32 Å². The molecule has 2 fully saturated rings. The van der Waals surface area contributed by atoms with Gasteiger partial charge in [-0.1, -0.05) is 6.07 Å². The number of nitrogens with zero attached hydrogens (tertiary/aromatic N) is 2. The first-order chi connectivity index (χ1) is 8.83. The molecule has 1 unspecified atom stereocenters. The number of imidazole rings is 1. The van der Waals surface area contributed by atoms with Gasteiger partial charge in [-0.25, -0.2) is 4.98 Å². The molecule has 1 aliphatic carbocycles. The van der Waals surface area contributed by atoms with Crippen LogP contribution in [0, 0.1) is 0 Å². The summed E-state index contributed by atoms with van der Waals surface area (Å²) < 4.78 is 2.30. The summed E-state index contributed by atoms with van der Waals surface area (Å²) in [6.07, 6.45) is 3.89. The second kappa shape index (κ2) is 3.82. The molecule has 4 rings (SSSR count).